The molecule has 3 aromatic rings. The molecule has 18 heavy (non-hydrogen) atoms. The van der Waals surface area contributed by atoms with Crippen LogP contribution in [0, 0.1) is 6.92 Å². The molecule has 1 unspecified atom stereocenters. The van der Waals surface area contributed by atoms with Crippen LogP contribution in [0.15, 0.2) is 53.1 Å². The molecule has 2 heterocycles. The van der Waals surface area contributed by atoms with Crippen LogP contribution in [0.1, 0.15) is 23.1 Å². The monoisotopic (exact) mass is 238 g/mol. The van der Waals surface area contributed by atoms with E-state index in [9.17, 15) is 0 Å². The lowest BCUT2D eigenvalue weighted by molar-refractivity contribution is 0.524. The van der Waals surface area contributed by atoms with Crippen LogP contribution < -0.4 is 5.73 Å². The lowest BCUT2D eigenvalue weighted by Gasteiger charge is -2.08. The fourth-order valence-corrected chi connectivity index (χ4v) is 1.98. The normalized spacial score (nSPS) is 12.8. The van der Waals surface area contributed by atoms with E-state index in [1.54, 1.807) is 6.20 Å². The first kappa shape index (κ1) is 11.0. The Labute approximate surface area is 105 Å². The average molecular weight is 238 g/mol. The van der Waals surface area contributed by atoms with Gasteiger partial charge in [0.2, 0.25) is 0 Å². The van der Waals surface area contributed by atoms with Crippen LogP contribution in [-0.4, -0.2) is 4.98 Å². The molecular weight excluding hydrogens is 224 g/mol. The van der Waals surface area contributed by atoms with Gasteiger partial charge in [0.05, 0.1) is 6.04 Å². The van der Waals surface area contributed by atoms with Gasteiger partial charge < -0.3 is 10.2 Å². The van der Waals surface area contributed by atoms with Crippen molar-refractivity contribution < 1.29 is 4.42 Å². The summed E-state index contributed by atoms with van der Waals surface area (Å²) in [6.07, 6.45) is 1.80. The van der Waals surface area contributed by atoms with Gasteiger partial charge in [-0.2, -0.15) is 0 Å². The third-order valence-electron chi connectivity index (χ3n) is 3.04. The number of furan rings is 1. The van der Waals surface area contributed by atoms with Crippen LogP contribution in [0.25, 0.3) is 11.0 Å². The molecule has 0 aliphatic carbocycles. The maximum atomic E-state index is 6.20. The van der Waals surface area contributed by atoms with Gasteiger partial charge in [-0.1, -0.05) is 24.3 Å². The van der Waals surface area contributed by atoms with Gasteiger partial charge in [-0.15, -0.1) is 0 Å². The summed E-state index contributed by atoms with van der Waals surface area (Å²) in [7, 11) is 0. The van der Waals surface area contributed by atoms with Crippen LogP contribution in [0.2, 0.25) is 0 Å². The molecule has 0 saturated carbocycles. The van der Waals surface area contributed by atoms with Crippen LogP contribution >= 0.6 is 0 Å². The van der Waals surface area contributed by atoms with Crippen molar-refractivity contribution in [2.45, 2.75) is 13.0 Å². The molecule has 0 amide bonds. The number of hydrogen-bond acceptors (Lipinski definition) is 3. The van der Waals surface area contributed by atoms with Crippen LogP contribution in [0.3, 0.4) is 0 Å². The fraction of sp³-hybridized carbons (Fsp3) is 0.133. The van der Waals surface area contributed by atoms with E-state index < -0.39 is 0 Å². The quantitative estimate of drug-likeness (QED) is 0.746. The molecule has 0 aliphatic heterocycles. The summed E-state index contributed by atoms with van der Waals surface area (Å²) >= 11 is 0. The summed E-state index contributed by atoms with van der Waals surface area (Å²) < 4.78 is 5.76. The second-order valence-electron chi connectivity index (χ2n) is 4.40. The zero-order chi connectivity index (χ0) is 12.5. The zero-order valence-electron chi connectivity index (χ0n) is 10.1. The summed E-state index contributed by atoms with van der Waals surface area (Å²) in [5, 5.41) is 1.07. The van der Waals surface area contributed by atoms with Crippen molar-refractivity contribution in [3.63, 3.8) is 0 Å². The highest BCUT2D eigenvalue weighted by molar-refractivity contribution is 5.77. The highest BCUT2D eigenvalue weighted by atomic mass is 16.3. The second-order valence-corrected chi connectivity index (χ2v) is 4.40. The number of pyridine rings is 1. The van der Waals surface area contributed by atoms with Crippen molar-refractivity contribution in [3.8, 4) is 0 Å². The van der Waals surface area contributed by atoms with Gasteiger partial charge in [0.15, 0.2) is 0 Å². The number of nitrogens with zero attached hydrogens (tertiary/aromatic N) is 1. The second kappa shape index (κ2) is 4.27. The highest BCUT2D eigenvalue weighted by Gasteiger charge is 2.14. The molecule has 1 aromatic carbocycles. The Hall–Kier alpha value is -2.13. The molecule has 0 bridgehead atoms. The van der Waals surface area contributed by atoms with Crippen molar-refractivity contribution >= 4 is 11.0 Å². The van der Waals surface area contributed by atoms with Gasteiger partial charge in [0, 0.05) is 17.3 Å². The molecule has 2 N–H and O–H groups in total. The first-order valence-corrected chi connectivity index (χ1v) is 5.90. The summed E-state index contributed by atoms with van der Waals surface area (Å²) in [6, 6.07) is 13.6. The van der Waals surface area contributed by atoms with Gasteiger partial charge in [0.1, 0.15) is 11.3 Å². The largest absolute Gasteiger partial charge is 0.459 e. The lowest BCUT2D eigenvalue weighted by Crippen LogP contribution is -2.11. The number of benzene rings is 1. The van der Waals surface area contributed by atoms with E-state index in [0.717, 1.165) is 28.0 Å². The van der Waals surface area contributed by atoms with Gasteiger partial charge in [-0.25, -0.2) is 0 Å². The van der Waals surface area contributed by atoms with E-state index in [4.69, 9.17) is 10.2 Å². The predicted molar refractivity (Wildman–Crippen MR) is 71.2 cm³/mol. The van der Waals surface area contributed by atoms with E-state index >= 15 is 0 Å². The van der Waals surface area contributed by atoms with E-state index in [1.807, 2.05) is 49.4 Å². The molecule has 0 radical (unpaired) electrons. The maximum Gasteiger partial charge on any atom is 0.134 e. The van der Waals surface area contributed by atoms with E-state index in [2.05, 4.69) is 4.98 Å². The van der Waals surface area contributed by atoms with Crippen LogP contribution in [0.5, 0.6) is 0 Å². The Kier molecular flexibility index (Phi) is 2.61. The van der Waals surface area contributed by atoms with Crippen LogP contribution in [-0.2, 0) is 0 Å². The molecule has 3 nitrogen and oxygen atoms in total. The number of aryl methyl sites for hydroxylation is 1. The maximum absolute atomic E-state index is 6.20. The first-order chi connectivity index (χ1) is 8.74. The number of para-hydroxylation sites is 1. The molecule has 0 fully saturated rings. The standard InChI is InChI=1S/C15H14N2O/c1-10-6-7-12(9-17-10)15(16)14-8-11-4-2-3-5-13(11)18-14/h2-9,15H,16H2,1H3. The average Bonchev–Trinajstić information content (AvgIpc) is 2.82. The van der Waals surface area contributed by atoms with Crippen molar-refractivity contribution in [1.29, 1.82) is 0 Å². The topological polar surface area (TPSA) is 52.0 Å². The zero-order valence-corrected chi connectivity index (χ0v) is 10.1. The molecule has 0 saturated heterocycles. The molecule has 3 rings (SSSR count). The van der Waals surface area contributed by atoms with Gasteiger partial charge in [0.25, 0.3) is 0 Å². The number of nitrogens with two attached hydrogens (primary N) is 1. The highest BCUT2D eigenvalue weighted by Crippen LogP contribution is 2.26. The molecule has 3 heteroatoms. The molecule has 0 spiro atoms. The minimum Gasteiger partial charge on any atom is -0.459 e. The Morgan fingerprint density at radius 3 is 2.72 bits per heavy atom. The summed E-state index contributed by atoms with van der Waals surface area (Å²) in [5.41, 5.74) is 9.00. The van der Waals surface area contributed by atoms with Crippen LogP contribution in [0.4, 0.5) is 0 Å². The lowest BCUT2D eigenvalue weighted by atomic mass is 10.1. The number of fused-ring (bicyclic) bond motifs is 1. The van der Waals surface area contributed by atoms with Gasteiger partial charge in [-0.3, -0.25) is 4.98 Å². The smallest absolute Gasteiger partial charge is 0.134 e. The van der Waals surface area contributed by atoms with E-state index in [-0.39, 0.29) is 6.04 Å². The van der Waals surface area contributed by atoms with Gasteiger partial charge >= 0.3 is 0 Å². The minimum absolute atomic E-state index is 0.273. The minimum atomic E-state index is -0.273. The fourth-order valence-electron chi connectivity index (χ4n) is 1.98. The van der Waals surface area contributed by atoms with Crippen molar-refractivity contribution in [2.75, 3.05) is 0 Å². The summed E-state index contributed by atoms with van der Waals surface area (Å²) in [6.45, 7) is 1.95. The predicted octanol–water partition coefficient (Wildman–Crippen LogP) is 3.18. The Bertz CT molecular complexity index is 637. The third kappa shape index (κ3) is 1.89. The number of aromatic nitrogens is 1. The van der Waals surface area contributed by atoms with E-state index in [1.165, 1.54) is 0 Å². The SMILES string of the molecule is Cc1ccc(C(N)c2cc3ccccc3o2)cn1. The first-order valence-electron chi connectivity index (χ1n) is 5.90. The Morgan fingerprint density at radius 2 is 2.00 bits per heavy atom. The van der Waals surface area contributed by atoms with Crippen molar-refractivity contribution in [2.24, 2.45) is 5.73 Å². The number of rotatable bonds is 2. The molecule has 1 atom stereocenters. The molecule has 90 valence electrons. The van der Waals surface area contributed by atoms with Crippen molar-refractivity contribution in [3.05, 3.63) is 65.7 Å². The summed E-state index contributed by atoms with van der Waals surface area (Å²) in [4.78, 5) is 4.26. The Balaban J connectivity index is 2.00. The van der Waals surface area contributed by atoms with Crippen molar-refractivity contribution in [1.82, 2.24) is 4.98 Å². The Morgan fingerprint density at radius 1 is 1.17 bits per heavy atom. The third-order valence-corrected chi connectivity index (χ3v) is 3.04. The van der Waals surface area contributed by atoms with Gasteiger partial charge in [-0.05, 0) is 30.7 Å². The molecular formula is C15H14N2O. The van der Waals surface area contributed by atoms with E-state index in [0.29, 0.717) is 0 Å². The molecule has 2 aromatic heterocycles. The number of hydrogen-bond donors (Lipinski definition) is 1. The summed E-state index contributed by atoms with van der Waals surface area (Å²) in [5.74, 6) is 0.766. The molecule has 0 aliphatic rings.